The van der Waals surface area contributed by atoms with E-state index in [0.29, 0.717) is 11.9 Å². The molecule has 3 heterocycles. The van der Waals surface area contributed by atoms with Crippen molar-refractivity contribution in [2.24, 2.45) is 0 Å². The number of hydrogen-bond acceptors (Lipinski definition) is 6. The molecule has 118 valence electrons. The zero-order valence-electron chi connectivity index (χ0n) is 13.0. The van der Waals surface area contributed by atoms with Gasteiger partial charge in [0.2, 0.25) is 5.95 Å². The van der Waals surface area contributed by atoms with Crippen molar-refractivity contribution in [3.05, 3.63) is 30.1 Å². The molecule has 1 saturated heterocycles. The number of nitrogens with one attached hydrogen (secondary N) is 2. The summed E-state index contributed by atoms with van der Waals surface area (Å²) in [6, 6.07) is 0. The highest BCUT2D eigenvalue weighted by atomic mass is 15.2. The molecular formula is C15H23N7. The molecule has 1 aliphatic rings. The molecule has 0 radical (unpaired) electrons. The van der Waals surface area contributed by atoms with Crippen molar-refractivity contribution >= 4 is 5.95 Å². The van der Waals surface area contributed by atoms with E-state index in [1.54, 1.807) is 6.33 Å². The second kappa shape index (κ2) is 7.31. The maximum atomic E-state index is 4.37. The Morgan fingerprint density at radius 2 is 2.18 bits per heavy atom. The van der Waals surface area contributed by atoms with Crippen LogP contribution in [0.25, 0.3) is 0 Å². The van der Waals surface area contributed by atoms with Crippen LogP contribution < -0.4 is 5.32 Å². The van der Waals surface area contributed by atoms with Gasteiger partial charge in [0.25, 0.3) is 0 Å². The second-order valence-electron chi connectivity index (χ2n) is 5.79. The van der Waals surface area contributed by atoms with Gasteiger partial charge in [-0.15, -0.1) is 0 Å². The van der Waals surface area contributed by atoms with Crippen molar-refractivity contribution in [3.63, 3.8) is 0 Å². The van der Waals surface area contributed by atoms with Crippen LogP contribution in [0.1, 0.15) is 43.5 Å². The molecule has 0 amide bonds. The summed E-state index contributed by atoms with van der Waals surface area (Å²) in [7, 11) is 0. The van der Waals surface area contributed by atoms with Gasteiger partial charge in [-0.1, -0.05) is 6.92 Å². The molecule has 7 heteroatoms. The largest absolute Gasteiger partial charge is 0.354 e. The third-order valence-electron chi connectivity index (χ3n) is 3.97. The zero-order chi connectivity index (χ0) is 15.2. The third kappa shape index (κ3) is 3.79. The highest BCUT2D eigenvalue weighted by Crippen LogP contribution is 2.24. The van der Waals surface area contributed by atoms with Crippen LogP contribution >= 0.6 is 0 Å². The van der Waals surface area contributed by atoms with Crippen molar-refractivity contribution in [2.75, 3.05) is 25.0 Å². The summed E-state index contributed by atoms with van der Waals surface area (Å²) in [4.78, 5) is 15.5. The smallest absolute Gasteiger partial charge is 0.222 e. The van der Waals surface area contributed by atoms with Crippen LogP contribution in [0.5, 0.6) is 0 Å². The number of likely N-dealkylation sites (tertiary alicyclic amines) is 1. The lowest BCUT2D eigenvalue weighted by molar-refractivity contribution is 0.196. The Bertz CT molecular complexity index is 552. The van der Waals surface area contributed by atoms with Crippen LogP contribution in [-0.4, -0.2) is 49.7 Å². The number of anilines is 1. The van der Waals surface area contributed by atoms with E-state index >= 15 is 0 Å². The molecule has 2 aromatic rings. The van der Waals surface area contributed by atoms with Crippen LogP contribution in [0.3, 0.4) is 0 Å². The fraction of sp³-hybridized carbons (Fsp3) is 0.600. The number of aromatic amines is 1. The van der Waals surface area contributed by atoms with Gasteiger partial charge in [0.1, 0.15) is 12.2 Å². The van der Waals surface area contributed by atoms with Gasteiger partial charge >= 0.3 is 0 Å². The lowest BCUT2D eigenvalue weighted by Gasteiger charge is -2.31. The monoisotopic (exact) mass is 301 g/mol. The van der Waals surface area contributed by atoms with Gasteiger partial charge in [-0.05, 0) is 25.8 Å². The first-order chi connectivity index (χ1) is 10.8. The molecular weight excluding hydrogens is 278 g/mol. The highest BCUT2D eigenvalue weighted by Gasteiger charge is 2.23. The maximum Gasteiger partial charge on any atom is 0.222 e. The number of nitrogens with zero attached hydrogens (tertiary/aromatic N) is 5. The molecule has 2 N–H and O–H groups in total. The molecule has 0 aliphatic carbocycles. The van der Waals surface area contributed by atoms with Gasteiger partial charge in [0.05, 0.1) is 0 Å². The van der Waals surface area contributed by atoms with E-state index in [9.17, 15) is 0 Å². The Morgan fingerprint density at radius 1 is 1.32 bits per heavy atom. The Morgan fingerprint density at radius 3 is 2.91 bits per heavy atom. The summed E-state index contributed by atoms with van der Waals surface area (Å²) in [6.07, 6.45) is 8.85. The minimum absolute atomic E-state index is 0.447. The SMILES string of the molecule is CCCNc1ncc(CN2CCC[C@H](c3ncn[nH]3)C2)cn1. The molecule has 0 aromatic carbocycles. The van der Waals surface area contributed by atoms with Gasteiger partial charge in [0, 0.05) is 43.5 Å². The Labute approximate surface area is 130 Å². The Hall–Kier alpha value is -2.02. The van der Waals surface area contributed by atoms with E-state index < -0.39 is 0 Å². The normalized spacial score (nSPS) is 19.2. The summed E-state index contributed by atoms with van der Waals surface area (Å²) in [5.74, 6) is 2.16. The van der Waals surface area contributed by atoms with E-state index in [0.717, 1.165) is 44.0 Å². The molecule has 0 spiro atoms. The Kier molecular flexibility index (Phi) is 4.95. The first-order valence-corrected chi connectivity index (χ1v) is 7.97. The average molecular weight is 301 g/mol. The van der Waals surface area contributed by atoms with Gasteiger partial charge in [-0.25, -0.2) is 15.0 Å². The van der Waals surface area contributed by atoms with Crippen molar-refractivity contribution in [3.8, 4) is 0 Å². The summed E-state index contributed by atoms with van der Waals surface area (Å²) < 4.78 is 0. The molecule has 0 bridgehead atoms. The van der Waals surface area contributed by atoms with E-state index in [2.05, 4.69) is 42.3 Å². The highest BCUT2D eigenvalue weighted by molar-refractivity contribution is 5.24. The van der Waals surface area contributed by atoms with E-state index in [1.165, 1.54) is 12.8 Å². The Balaban J connectivity index is 1.56. The van der Waals surface area contributed by atoms with E-state index in [1.807, 2.05) is 12.4 Å². The summed E-state index contributed by atoms with van der Waals surface area (Å²) in [5.41, 5.74) is 1.15. The van der Waals surface area contributed by atoms with Crippen molar-refractivity contribution in [1.29, 1.82) is 0 Å². The van der Waals surface area contributed by atoms with Crippen LogP contribution in [-0.2, 0) is 6.54 Å². The number of hydrogen-bond donors (Lipinski definition) is 2. The van der Waals surface area contributed by atoms with E-state index in [-0.39, 0.29) is 0 Å². The van der Waals surface area contributed by atoms with Crippen molar-refractivity contribution < 1.29 is 0 Å². The van der Waals surface area contributed by atoms with Crippen molar-refractivity contribution in [2.45, 2.75) is 38.6 Å². The summed E-state index contributed by atoms with van der Waals surface area (Å²) in [6.45, 7) is 6.04. The zero-order valence-corrected chi connectivity index (χ0v) is 13.0. The van der Waals surface area contributed by atoms with Crippen LogP contribution in [0.4, 0.5) is 5.95 Å². The minimum atomic E-state index is 0.447. The van der Waals surface area contributed by atoms with E-state index in [4.69, 9.17) is 0 Å². The van der Waals surface area contributed by atoms with Gasteiger partial charge in [-0.3, -0.25) is 10.00 Å². The quantitative estimate of drug-likeness (QED) is 0.846. The molecule has 1 fully saturated rings. The molecule has 0 saturated carbocycles. The minimum Gasteiger partial charge on any atom is -0.354 e. The predicted octanol–water partition coefficient (Wildman–Crippen LogP) is 1.80. The third-order valence-corrected chi connectivity index (χ3v) is 3.97. The predicted molar refractivity (Wildman–Crippen MR) is 84.4 cm³/mol. The maximum absolute atomic E-state index is 4.37. The number of H-pyrrole nitrogens is 1. The molecule has 1 aliphatic heterocycles. The number of piperidine rings is 1. The van der Waals surface area contributed by atoms with Crippen LogP contribution in [0.15, 0.2) is 18.7 Å². The fourth-order valence-electron chi connectivity index (χ4n) is 2.86. The molecule has 0 unspecified atom stereocenters. The van der Waals surface area contributed by atoms with Gasteiger partial charge in [0.15, 0.2) is 0 Å². The van der Waals surface area contributed by atoms with Crippen LogP contribution in [0, 0.1) is 0 Å². The first-order valence-electron chi connectivity index (χ1n) is 7.97. The summed E-state index contributed by atoms with van der Waals surface area (Å²) in [5, 5.41) is 10.2. The molecule has 2 aromatic heterocycles. The molecule has 22 heavy (non-hydrogen) atoms. The lowest BCUT2D eigenvalue weighted by atomic mass is 9.97. The van der Waals surface area contributed by atoms with Crippen molar-refractivity contribution in [1.82, 2.24) is 30.0 Å². The topological polar surface area (TPSA) is 82.6 Å². The van der Waals surface area contributed by atoms with Crippen LogP contribution in [0.2, 0.25) is 0 Å². The summed E-state index contributed by atoms with van der Waals surface area (Å²) >= 11 is 0. The van der Waals surface area contributed by atoms with Gasteiger partial charge in [-0.2, -0.15) is 5.10 Å². The standard InChI is InChI=1S/C15H23N7/c1-2-5-16-15-17-7-12(8-18-15)9-22-6-3-4-13(10-22)14-19-11-20-21-14/h7-8,11,13H,2-6,9-10H2,1H3,(H,16,17,18)(H,19,20,21)/t13-/m0/s1. The molecule has 7 nitrogen and oxygen atoms in total. The first kappa shape index (κ1) is 14.9. The number of aromatic nitrogens is 5. The van der Waals surface area contributed by atoms with Gasteiger partial charge < -0.3 is 5.32 Å². The average Bonchev–Trinajstić information content (AvgIpc) is 3.09. The number of rotatable bonds is 6. The fourth-order valence-corrected chi connectivity index (χ4v) is 2.86. The lowest BCUT2D eigenvalue weighted by Crippen LogP contribution is -2.34. The molecule has 3 rings (SSSR count). The second-order valence-corrected chi connectivity index (χ2v) is 5.79. The molecule has 1 atom stereocenters.